The molecule has 0 spiro atoms. The summed E-state index contributed by atoms with van der Waals surface area (Å²) in [6.45, 7) is 1.92. The highest BCUT2D eigenvalue weighted by Crippen LogP contribution is 2.21. The largest absolute Gasteiger partial charge is 0.317 e. The van der Waals surface area contributed by atoms with Crippen LogP contribution in [-0.2, 0) is 0 Å². The van der Waals surface area contributed by atoms with Gasteiger partial charge in [0.05, 0.1) is 11.0 Å². The Labute approximate surface area is 103 Å². The zero-order valence-electron chi connectivity index (χ0n) is 9.74. The summed E-state index contributed by atoms with van der Waals surface area (Å²) in [6, 6.07) is 4.87. The van der Waals surface area contributed by atoms with E-state index in [0.717, 1.165) is 25.9 Å². The summed E-state index contributed by atoms with van der Waals surface area (Å²) >= 11 is 0. The zero-order valence-corrected chi connectivity index (χ0v) is 9.74. The highest BCUT2D eigenvalue weighted by Gasteiger charge is 2.18. The lowest BCUT2D eigenvalue weighted by molar-refractivity contribution is -0.384. The molecule has 7 nitrogen and oxygen atoms in total. The van der Waals surface area contributed by atoms with Crippen LogP contribution in [-0.4, -0.2) is 33.0 Å². The van der Waals surface area contributed by atoms with Gasteiger partial charge < -0.3 is 5.32 Å². The smallest absolute Gasteiger partial charge is 0.271 e. The minimum absolute atomic E-state index is 0.0554. The molecule has 0 radical (unpaired) electrons. The van der Waals surface area contributed by atoms with E-state index in [2.05, 4.69) is 15.5 Å². The first-order chi connectivity index (χ1) is 8.74. The predicted molar refractivity (Wildman–Crippen MR) is 65.3 cm³/mol. The quantitative estimate of drug-likeness (QED) is 0.637. The molecular formula is C11H13N5O2. The van der Waals surface area contributed by atoms with Crippen LogP contribution in [0.25, 0.3) is 11.0 Å². The van der Waals surface area contributed by atoms with Gasteiger partial charge in [-0.3, -0.25) is 10.1 Å². The highest BCUT2D eigenvalue weighted by atomic mass is 16.6. The van der Waals surface area contributed by atoms with Gasteiger partial charge >= 0.3 is 0 Å². The van der Waals surface area contributed by atoms with Gasteiger partial charge in [0.1, 0.15) is 11.0 Å². The number of hydrogen-bond acceptors (Lipinski definition) is 5. The molecule has 0 aliphatic carbocycles. The van der Waals surface area contributed by atoms with Crippen molar-refractivity contribution >= 4 is 16.7 Å². The van der Waals surface area contributed by atoms with Crippen molar-refractivity contribution < 1.29 is 4.92 Å². The first-order valence-corrected chi connectivity index (χ1v) is 5.96. The summed E-state index contributed by atoms with van der Waals surface area (Å²) in [7, 11) is 0. The van der Waals surface area contributed by atoms with E-state index in [0.29, 0.717) is 11.0 Å². The molecule has 2 aromatic rings. The van der Waals surface area contributed by atoms with E-state index in [4.69, 9.17) is 0 Å². The van der Waals surface area contributed by atoms with Gasteiger partial charge in [-0.2, -0.15) is 15.0 Å². The fraction of sp³-hybridized carbons (Fsp3) is 0.455. The topological polar surface area (TPSA) is 85.9 Å². The molecule has 1 fully saturated rings. The molecule has 0 amide bonds. The van der Waals surface area contributed by atoms with Crippen molar-refractivity contribution in [3.63, 3.8) is 0 Å². The molecule has 0 saturated carbocycles. The van der Waals surface area contributed by atoms with Gasteiger partial charge in [0.2, 0.25) is 0 Å². The second kappa shape index (κ2) is 4.34. The van der Waals surface area contributed by atoms with Gasteiger partial charge in [0.25, 0.3) is 5.69 Å². The Hall–Kier alpha value is -2.02. The number of nitrogens with one attached hydrogen (secondary N) is 1. The SMILES string of the molecule is O=[N+]([O-])c1ccc2nn(C3CCNCC3)nc2c1. The van der Waals surface area contributed by atoms with E-state index < -0.39 is 4.92 Å². The van der Waals surface area contributed by atoms with E-state index in [1.54, 1.807) is 10.9 Å². The van der Waals surface area contributed by atoms with Gasteiger partial charge in [-0.15, -0.1) is 0 Å². The molecule has 0 unspecified atom stereocenters. The number of aromatic nitrogens is 3. The second-order valence-electron chi connectivity index (χ2n) is 4.43. The van der Waals surface area contributed by atoms with E-state index in [9.17, 15) is 10.1 Å². The van der Waals surface area contributed by atoms with Crippen LogP contribution in [0.3, 0.4) is 0 Å². The maximum absolute atomic E-state index is 10.7. The third-order valence-electron chi connectivity index (χ3n) is 3.23. The molecule has 0 bridgehead atoms. The Kier molecular flexibility index (Phi) is 2.67. The Morgan fingerprint density at radius 2 is 2.00 bits per heavy atom. The van der Waals surface area contributed by atoms with E-state index in [1.807, 2.05) is 0 Å². The molecule has 18 heavy (non-hydrogen) atoms. The van der Waals surface area contributed by atoms with Crippen LogP contribution >= 0.6 is 0 Å². The summed E-state index contributed by atoms with van der Waals surface area (Å²) in [5, 5.41) is 22.7. The Bertz CT molecular complexity index is 588. The Morgan fingerprint density at radius 1 is 1.28 bits per heavy atom. The predicted octanol–water partition coefficient (Wildman–Crippen LogP) is 1.26. The molecule has 3 rings (SSSR count). The van der Waals surface area contributed by atoms with Gasteiger partial charge in [0, 0.05) is 12.1 Å². The van der Waals surface area contributed by atoms with Crippen LogP contribution in [0.15, 0.2) is 18.2 Å². The van der Waals surface area contributed by atoms with Crippen LogP contribution < -0.4 is 5.32 Å². The molecule has 1 saturated heterocycles. The third kappa shape index (κ3) is 1.92. The van der Waals surface area contributed by atoms with Crippen LogP contribution in [0.4, 0.5) is 5.69 Å². The number of rotatable bonds is 2. The number of non-ortho nitro benzene ring substituents is 1. The van der Waals surface area contributed by atoms with Crippen molar-refractivity contribution in [2.24, 2.45) is 0 Å². The minimum Gasteiger partial charge on any atom is -0.317 e. The van der Waals surface area contributed by atoms with Crippen LogP contribution in [0, 0.1) is 10.1 Å². The van der Waals surface area contributed by atoms with Gasteiger partial charge in [-0.1, -0.05) is 0 Å². The average molecular weight is 247 g/mol. The lowest BCUT2D eigenvalue weighted by atomic mass is 10.1. The number of nitro benzene ring substituents is 1. The fourth-order valence-corrected chi connectivity index (χ4v) is 2.23. The van der Waals surface area contributed by atoms with Crippen LogP contribution in [0.1, 0.15) is 18.9 Å². The van der Waals surface area contributed by atoms with Crippen molar-refractivity contribution in [2.45, 2.75) is 18.9 Å². The van der Waals surface area contributed by atoms with Gasteiger partial charge in [0.15, 0.2) is 0 Å². The first kappa shape index (κ1) is 11.1. The molecule has 94 valence electrons. The monoisotopic (exact) mass is 247 g/mol. The minimum atomic E-state index is -0.414. The molecule has 1 aliphatic rings. The molecule has 1 aromatic heterocycles. The maximum Gasteiger partial charge on any atom is 0.271 e. The summed E-state index contributed by atoms with van der Waals surface area (Å²) in [4.78, 5) is 12.0. The van der Waals surface area contributed by atoms with Gasteiger partial charge in [-0.25, -0.2) is 0 Å². The second-order valence-corrected chi connectivity index (χ2v) is 4.43. The fourth-order valence-electron chi connectivity index (χ4n) is 2.23. The van der Waals surface area contributed by atoms with E-state index in [1.165, 1.54) is 12.1 Å². The number of nitrogens with zero attached hydrogens (tertiary/aromatic N) is 4. The summed E-state index contributed by atoms with van der Waals surface area (Å²) in [6.07, 6.45) is 1.98. The Morgan fingerprint density at radius 3 is 2.72 bits per heavy atom. The van der Waals surface area contributed by atoms with Crippen molar-refractivity contribution in [3.8, 4) is 0 Å². The van der Waals surface area contributed by atoms with Crippen molar-refractivity contribution in [2.75, 3.05) is 13.1 Å². The molecule has 1 N–H and O–H groups in total. The third-order valence-corrected chi connectivity index (χ3v) is 3.23. The van der Waals surface area contributed by atoms with Crippen LogP contribution in [0.5, 0.6) is 0 Å². The summed E-state index contributed by atoms with van der Waals surface area (Å²) in [5.41, 5.74) is 1.35. The van der Waals surface area contributed by atoms with E-state index in [-0.39, 0.29) is 11.7 Å². The molecule has 1 aliphatic heterocycles. The van der Waals surface area contributed by atoms with E-state index >= 15 is 0 Å². The molecule has 7 heteroatoms. The lowest BCUT2D eigenvalue weighted by Crippen LogP contribution is -2.30. The first-order valence-electron chi connectivity index (χ1n) is 5.96. The number of piperidine rings is 1. The van der Waals surface area contributed by atoms with Crippen molar-refractivity contribution in [1.82, 2.24) is 20.3 Å². The molecule has 2 heterocycles. The number of nitro groups is 1. The number of benzene rings is 1. The molecule has 1 aromatic carbocycles. The lowest BCUT2D eigenvalue weighted by Gasteiger charge is -2.21. The van der Waals surface area contributed by atoms with Crippen molar-refractivity contribution in [3.05, 3.63) is 28.3 Å². The highest BCUT2D eigenvalue weighted by molar-refractivity contribution is 5.76. The standard InChI is InChI=1S/C11H13N5O2/c17-16(18)9-1-2-10-11(7-9)14-15(13-10)8-3-5-12-6-4-8/h1-2,7-8,12H,3-6H2. The molecule has 0 atom stereocenters. The zero-order chi connectivity index (χ0) is 12.5. The maximum atomic E-state index is 10.7. The average Bonchev–Trinajstić information content (AvgIpc) is 2.82. The van der Waals surface area contributed by atoms with Crippen molar-refractivity contribution in [1.29, 1.82) is 0 Å². The summed E-state index contributed by atoms with van der Waals surface area (Å²) in [5.74, 6) is 0. The molecular weight excluding hydrogens is 234 g/mol. The number of hydrogen-bond donors (Lipinski definition) is 1. The number of fused-ring (bicyclic) bond motifs is 1. The Balaban J connectivity index is 1.97. The van der Waals surface area contributed by atoms with Crippen LogP contribution in [0.2, 0.25) is 0 Å². The normalized spacial score (nSPS) is 17.1. The summed E-state index contributed by atoms with van der Waals surface area (Å²) < 4.78 is 0. The van der Waals surface area contributed by atoms with Gasteiger partial charge in [-0.05, 0) is 32.0 Å².